The van der Waals surface area contributed by atoms with Crippen LogP contribution in [0, 0.1) is 0 Å². The van der Waals surface area contributed by atoms with Crippen molar-refractivity contribution in [3.05, 3.63) is 23.4 Å². The predicted molar refractivity (Wildman–Crippen MR) is 85.4 cm³/mol. The van der Waals surface area contributed by atoms with Crippen molar-refractivity contribution in [3.63, 3.8) is 0 Å². The minimum Gasteiger partial charge on any atom is -0.383 e. The second-order valence-corrected chi connectivity index (χ2v) is 6.20. The summed E-state index contributed by atoms with van der Waals surface area (Å²) < 4.78 is 5.13. The maximum Gasteiger partial charge on any atom is 0.128 e. The van der Waals surface area contributed by atoms with Crippen molar-refractivity contribution in [2.45, 2.75) is 46.2 Å². The molecule has 0 saturated heterocycles. The molecule has 1 rings (SSSR count). The molecule has 0 aliphatic carbocycles. The van der Waals surface area contributed by atoms with Gasteiger partial charge in [0.1, 0.15) is 5.82 Å². The Morgan fingerprint density at radius 3 is 2.55 bits per heavy atom. The van der Waals surface area contributed by atoms with Crippen LogP contribution in [0.5, 0.6) is 0 Å². The summed E-state index contributed by atoms with van der Waals surface area (Å²) >= 11 is 0. The van der Waals surface area contributed by atoms with Gasteiger partial charge in [-0.05, 0) is 44.9 Å². The number of nitrogens with one attached hydrogen (secondary N) is 1. The molecule has 0 bridgehead atoms. The summed E-state index contributed by atoms with van der Waals surface area (Å²) in [5.41, 5.74) is 2.54. The third-order valence-electron chi connectivity index (χ3n) is 3.13. The second kappa shape index (κ2) is 7.60. The number of ether oxygens (including phenoxy) is 1. The van der Waals surface area contributed by atoms with E-state index in [-0.39, 0.29) is 5.54 Å². The van der Waals surface area contributed by atoms with Crippen molar-refractivity contribution < 1.29 is 4.74 Å². The van der Waals surface area contributed by atoms with Gasteiger partial charge in [-0.1, -0.05) is 6.92 Å². The fourth-order valence-electron chi connectivity index (χ4n) is 1.82. The Morgan fingerprint density at radius 1 is 1.30 bits per heavy atom. The number of rotatable bonds is 7. The molecule has 0 saturated carbocycles. The first-order chi connectivity index (χ1) is 9.35. The molecule has 4 nitrogen and oxygen atoms in total. The van der Waals surface area contributed by atoms with Crippen LogP contribution >= 0.6 is 0 Å². The molecule has 114 valence electrons. The zero-order chi connectivity index (χ0) is 15.2. The van der Waals surface area contributed by atoms with E-state index in [1.54, 1.807) is 7.11 Å². The molecular weight excluding hydrogens is 250 g/mol. The predicted octanol–water partition coefficient (Wildman–Crippen LogP) is 2.61. The molecule has 0 aliphatic heterocycles. The summed E-state index contributed by atoms with van der Waals surface area (Å²) in [6.45, 7) is 11.1. The summed E-state index contributed by atoms with van der Waals surface area (Å²) in [7, 11) is 3.78. The molecule has 1 N–H and O–H groups in total. The highest BCUT2D eigenvalue weighted by molar-refractivity contribution is 5.42. The largest absolute Gasteiger partial charge is 0.383 e. The smallest absolute Gasteiger partial charge is 0.128 e. The molecule has 1 aromatic heterocycles. The van der Waals surface area contributed by atoms with Crippen LogP contribution in [0.4, 0.5) is 5.82 Å². The summed E-state index contributed by atoms with van der Waals surface area (Å²) in [5, 5.41) is 3.53. The van der Waals surface area contributed by atoms with Crippen LogP contribution in [0.3, 0.4) is 0 Å². The van der Waals surface area contributed by atoms with Gasteiger partial charge in [-0.2, -0.15) is 0 Å². The molecule has 0 aromatic carbocycles. The Kier molecular flexibility index (Phi) is 6.43. The van der Waals surface area contributed by atoms with E-state index in [1.165, 1.54) is 5.56 Å². The third-order valence-corrected chi connectivity index (χ3v) is 3.13. The van der Waals surface area contributed by atoms with Crippen LogP contribution in [-0.4, -0.2) is 37.8 Å². The third kappa shape index (κ3) is 5.88. The maximum absolute atomic E-state index is 5.13. The number of likely N-dealkylation sites (N-methyl/N-ethyl adjacent to an activating group) is 1. The van der Waals surface area contributed by atoms with Gasteiger partial charge in [-0.15, -0.1) is 0 Å². The zero-order valence-corrected chi connectivity index (χ0v) is 13.8. The van der Waals surface area contributed by atoms with Gasteiger partial charge in [0.05, 0.1) is 6.61 Å². The highest BCUT2D eigenvalue weighted by atomic mass is 16.5. The molecule has 0 atom stereocenters. The molecule has 0 amide bonds. The summed E-state index contributed by atoms with van der Waals surface area (Å²) in [6.07, 6.45) is 0.953. The molecule has 0 spiro atoms. The van der Waals surface area contributed by atoms with Gasteiger partial charge in [0.25, 0.3) is 0 Å². The summed E-state index contributed by atoms with van der Waals surface area (Å²) in [4.78, 5) is 6.83. The zero-order valence-electron chi connectivity index (χ0n) is 13.8. The lowest BCUT2D eigenvalue weighted by molar-refractivity contribution is 0.206. The standard InChI is InChI=1S/C16H29N3O/c1-7-14-10-13(12-17-16(2,3)4)11-15(18-14)19(5)8-9-20-6/h10-11,17H,7-9,12H2,1-6H3. The number of pyridine rings is 1. The minimum atomic E-state index is 0.123. The molecule has 1 heterocycles. The van der Waals surface area contributed by atoms with Crippen LogP contribution in [0.1, 0.15) is 39.0 Å². The minimum absolute atomic E-state index is 0.123. The number of aromatic nitrogens is 1. The van der Waals surface area contributed by atoms with Crippen molar-refractivity contribution in [1.29, 1.82) is 0 Å². The number of methoxy groups -OCH3 is 1. The summed E-state index contributed by atoms with van der Waals surface area (Å²) in [5.74, 6) is 1.02. The number of aryl methyl sites for hydroxylation is 1. The lowest BCUT2D eigenvalue weighted by atomic mass is 10.1. The van der Waals surface area contributed by atoms with Crippen molar-refractivity contribution >= 4 is 5.82 Å². The van der Waals surface area contributed by atoms with Crippen molar-refractivity contribution in [3.8, 4) is 0 Å². The average Bonchev–Trinajstić information content (AvgIpc) is 2.41. The van der Waals surface area contributed by atoms with Crippen LogP contribution in [0.2, 0.25) is 0 Å². The van der Waals surface area contributed by atoms with Gasteiger partial charge >= 0.3 is 0 Å². The van der Waals surface area contributed by atoms with Gasteiger partial charge in [0.15, 0.2) is 0 Å². The average molecular weight is 279 g/mol. The van der Waals surface area contributed by atoms with E-state index >= 15 is 0 Å². The van der Waals surface area contributed by atoms with Crippen LogP contribution in [0.25, 0.3) is 0 Å². The van der Waals surface area contributed by atoms with Gasteiger partial charge in [0, 0.05) is 38.5 Å². The lowest BCUT2D eigenvalue weighted by Crippen LogP contribution is -2.35. The maximum atomic E-state index is 5.13. The monoisotopic (exact) mass is 279 g/mol. The Morgan fingerprint density at radius 2 is 2.00 bits per heavy atom. The fraction of sp³-hybridized carbons (Fsp3) is 0.688. The van der Waals surface area contributed by atoms with E-state index < -0.39 is 0 Å². The Labute approximate surface area is 123 Å². The van der Waals surface area contributed by atoms with Crippen LogP contribution in [-0.2, 0) is 17.7 Å². The quantitative estimate of drug-likeness (QED) is 0.832. The molecule has 0 radical (unpaired) electrons. The topological polar surface area (TPSA) is 37.4 Å². The number of hydrogen-bond acceptors (Lipinski definition) is 4. The van der Waals surface area contributed by atoms with Gasteiger partial charge in [-0.3, -0.25) is 0 Å². The highest BCUT2D eigenvalue weighted by Gasteiger charge is 2.11. The Bertz CT molecular complexity index is 413. The van der Waals surface area contributed by atoms with E-state index in [9.17, 15) is 0 Å². The molecular formula is C16H29N3O. The molecule has 4 heteroatoms. The fourth-order valence-corrected chi connectivity index (χ4v) is 1.82. The first-order valence-corrected chi connectivity index (χ1v) is 7.30. The molecule has 0 unspecified atom stereocenters. The normalized spacial score (nSPS) is 11.7. The summed E-state index contributed by atoms with van der Waals surface area (Å²) in [6, 6.07) is 4.35. The van der Waals surface area contributed by atoms with E-state index in [2.05, 4.69) is 57.1 Å². The first-order valence-electron chi connectivity index (χ1n) is 7.30. The molecule has 0 fully saturated rings. The van der Waals surface area contributed by atoms with E-state index in [4.69, 9.17) is 9.72 Å². The van der Waals surface area contributed by atoms with Crippen LogP contribution in [0.15, 0.2) is 12.1 Å². The van der Waals surface area contributed by atoms with Gasteiger partial charge in [-0.25, -0.2) is 4.98 Å². The number of hydrogen-bond donors (Lipinski definition) is 1. The van der Waals surface area contributed by atoms with Crippen molar-refractivity contribution in [1.82, 2.24) is 10.3 Å². The highest BCUT2D eigenvalue weighted by Crippen LogP contribution is 2.15. The van der Waals surface area contributed by atoms with E-state index in [0.717, 1.165) is 31.0 Å². The van der Waals surface area contributed by atoms with E-state index in [1.807, 2.05) is 0 Å². The number of nitrogens with zero attached hydrogens (tertiary/aromatic N) is 2. The molecule has 1 aromatic rings. The molecule has 0 aliphatic rings. The second-order valence-electron chi connectivity index (χ2n) is 6.20. The lowest BCUT2D eigenvalue weighted by Gasteiger charge is -2.22. The van der Waals surface area contributed by atoms with Crippen molar-refractivity contribution in [2.75, 3.05) is 32.2 Å². The molecule has 20 heavy (non-hydrogen) atoms. The number of anilines is 1. The SMILES string of the molecule is CCc1cc(CNC(C)(C)C)cc(N(C)CCOC)n1. The first kappa shape index (κ1) is 16.9. The van der Waals surface area contributed by atoms with E-state index in [0.29, 0.717) is 6.61 Å². The van der Waals surface area contributed by atoms with Gasteiger partial charge < -0.3 is 15.0 Å². The van der Waals surface area contributed by atoms with Crippen molar-refractivity contribution in [2.24, 2.45) is 0 Å². The Balaban J connectivity index is 2.84. The van der Waals surface area contributed by atoms with Gasteiger partial charge in [0.2, 0.25) is 0 Å². The van der Waals surface area contributed by atoms with Crippen LogP contribution < -0.4 is 10.2 Å². The Hall–Kier alpha value is -1.13.